The van der Waals surface area contributed by atoms with Gasteiger partial charge in [-0.25, -0.2) is 4.72 Å². The van der Waals surface area contributed by atoms with Crippen LogP contribution >= 0.6 is 0 Å². The highest BCUT2D eigenvalue weighted by Gasteiger charge is 2.30. The maximum absolute atomic E-state index is 12.3. The van der Waals surface area contributed by atoms with E-state index in [4.69, 9.17) is 4.74 Å². The highest BCUT2D eigenvalue weighted by molar-refractivity contribution is 7.87. The molecule has 1 N–H and O–H groups in total. The Kier molecular flexibility index (Phi) is 13.2. The van der Waals surface area contributed by atoms with Gasteiger partial charge in [-0.1, -0.05) is 32.3 Å². The van der Waals surface area contributed by atoms with Crippen molar-refractivity contribution in [1.82, 2.24) is 13.9 Å². The number of nitrogens with one attached hydrogen (secondary N) is 1. The zero-order chi connectivity index (χ0) is 20.8. The lowest BCUT2D eigenvalue weighted by molar-refractivity contribution is 0.0155. The second-order valence-electron chi connectivity index (χ2n) is 8.04. The highest BCUT2D eigenvalue weighted by Crippen LogP contribution is 2.26. The van der Waals surface area contributed by atoms with Crippen LogP contribution in [0, 0.1) is 0 Å². The van der Waals surface area contributed by atoms with Gasteiger partial charge in [-0.3, -0.25) is 0 Å². The molecular weight excluding hydrogens is 374 g/mol. The van der Waals surface area contributed by atoms with Gasteiger partial charge in [0.05, 0.1) is 6.10 Å². The third-order valence-electron chi connectivity index (χ3n) is 5.58. The molecule has 28 heavy (non-hydrogen) atoms. The van der Waals surface area contributed by atoms with Crippen molar-refractivity contribution in [2.75, 3.05) is 40.3 Å². The van der Waals surface area contributed by atoms with Crippen LogP contribution in [0.5, 0.6) is 0 Å². The van der Waals surface area contributed by atoms with E-state index >= 15 is 0 Å². The molecule has 1 fully saturated rings. The molecule has 0 aliphatic heterocycles. The molecule has 0 bridgehead atoms. The van der Waals surface area contributed by atoms with Crippen molar-refractivity contribution in [3.05, 3.63) is 12.7 Å². The molecule has 0 aromatic rings. The van der Waals surface area contributed by atoms with Crippen LogP contribution < -0.4 is 4.72 Å². The van der Waals surface area contributed by atoms with Gasteiger partial charge in [0.15, 0.2) is 0 Å². The summed E-state index contributed by atoms with van der Waals surface area (Å²) in [5, 5.41) is 0. The first kappa shape index (κ1) is 25.6. The van der Waals surface area contributed by atoms with Crippen molar-refractivity contribution in [2.24, 2.45) is 0 Å². The fourth-order valence-electron chi connectivity index (χ4n) is 3.65. The van der Waals surface area contributed by atoms with Gasteiger partial charge in [-0.2, -0.15) is 12.7 Å². The average Bonchev–Trinajstić information content (AvgIpc) is 2.67. The molecule has 6 nitrogen and oxygen atoms in total. The number of nitrogens with zero attached hydrogens (tertiary/aromatic N) is 2. The first-order valence-corrected chi connectivity index (χ1v) is 12.5. The first-order chi connectivity index (χ1) is 13.4. The van der Waals surface area contributed by atoms with Crippen molar-refractivity contribution in [2.45, 2.75) is 83.3 Å². The summed E-state index contributed by atoms with van der Waals surface area (Å²) in [7, 11) is 0.475. The fourth-order valence-corrected chi connectivity index (χ4v) is 4.86. The molecule has 0 amide bonds. The third-order valence-corrected chi connectivity index (χ3v) is 7.21. The largest absolute Gasteiger partial charge is 0.378 e. The number of likely N-dealkylation sites (N-methyl/N-ethyl adjacent to an activating group) is 1. The summed E-state index contributed by atoms with van der Waals surface area (Å²) in [6, 6.07) is 0.0894. The van der Waals surface area contributed by atoms with E-state index in [2.05, 4.69) is 30.2 Å². The van der Waals surface area contributed by atoms with Crippen LogP contribution in [-0.4, -0.2) is 70.1 Å². The van der Waals surface area contributed by atoms with Crippen LogP contribution in [0.15, 0.2) is 12.7 Å². The molecule has 0 unspecified atom stereocenters. The molecular formula is C21H43N3O3S. The van der Waals surface area contributed by atoms with E-state index in [-0.39, 0.29) is 6.04 Å². The zero-order valence-electron chi connectivity index (χ0n) is 18.4. The first-order valence-electron chi connectivity index (χ1n) is 11.0. The van der Waals surface area contributed by atoms with Crippen molar-refractivity contribution in [3.8, 4) is 0 Å². The average molecular weight is 418 g/mol. The van der Waals surface area contributed by atoms with E-state index in [1.165, 1.54) is 23.6 Å². The van der Waals surface area contributed by atoms with Gasteiger partial charge in [0.1, 0.15) is 0 Å². The van der Waals surface area contributed by atoms with E-state index < -0.39 is 10.2 Å². The monoisotopic (exact) mass is 417 g/mol. The number of unbranched alkanes of at least 4 members (excludes halogenated alkanes) is 4. The van der Waals surface area contributed by atoms with Gasteiger partial charge < -0.3 is 9.64 Å². The van der Waals surface area contributed by atoms with Crippen LogP contribution in [0.2, 0.25) is 0 Å². The molecule has 0 radical (unpaired) electrons. The van der Waals surface area contributed by atoms with E-state index in [1.54, 1.807) is 7.05 Å². The molecule has 1 aliphatic rings. The Labute approximate surface area is 173 Å². The zero-order valence-corrected chi connectivity index (χ0v) is 19.2. The normalized spacial score (nSPS) is 20.8. The summed E-state index contributed by atoms with van der Waals surface area (Å²) in [5.41, 5.74) is 0. The molecule has 7 heteroatoms. The minimum Gasteiger partial charge on any atom is -0.378 e. The van der Waals surface area contributed by atoms with Crippen molar-refractivity contribution < 1.29 is 13.2 Å². The second kappa shape index (κ2) is 14.5. The Morgan fingerprint density at radius 1 is 1.07 bits per heavy atom. The molecule has 1 rings (SSSR count). The summed E-state index contributed by atoms with van der Waals surface area (Å²) in [5.74, 6) is 0. The minimum absolute atomic E-state index is 0.0894. The maximum atomic E-state index is 12.3. The van der Waals surface area contributed by atoms with Gasteiger partial charge >= 0.3 is 0 Å². The molecule has 0 saturated heterocycles. The lowest BCUT2D eigenvalue weighted by Gasteiger charge is -2.34. The Bertz CT molecular complexity index is 505. The van der Waals surface area contributed by atoms with E-state index in [0.717, 1.165) is 64.6 Å². The quantitative estimate of drug-likeness (QED) is 0.308. The predicted octanol–water partition coefficient (Wildman–Crippen LogP) is 3.56. The van der Waals surface area contributed by atoms with E-state index in [1.807, 2.05) is 6.08 Å². The van der Waals surface area contributed by atoms with Gasteiger partial charge in [0.25, 0.3) is 10.2 Å². The van der Waals surface area contributed by atoms with Gasteiger partial charge in [-0.15, -0.1) is 6.58 Å². The Hall–Kier alpha value is -0.470. The van der Waals surface area contributed by atoms with Crippen LogP contribution in [0.3, 0.4) is 0 Å². The van der Waals surface area contributed by atoms with Crippen LogP contribution in [0.25, 0.3) is 0 Å². The molecule has 1 saturated carbocycles. The summed E-state index contributed by atoms with van der Waals surface area (Å²) in [4.78, 5) is 2.29. The third kappa shape index (κ3) is 10.3. The fraction of sp³-hybridized carbons (Fsp3) is 0.905. The Balaban J connectivity index is 2.12. The van der Waals surface area contributed by atoms with Crippen LogP contribution in [0.4, 0.5) is 0 Å². The second-order valence-corrected chi connectivity index (χ2v) is 9.85. The van der Waals surface area contributed by atoms with Gasteiger partial charge in [-0.05, 0) is 58.5 Å². The summed E-state index contributed by atoms with van der Waals surface area (Å²) >= 11 is 0. The summed E-state index contributed by atoms with van der Waals surface area (Å²) in [6.45, 7) is 9.24. The number of rotatable bonds is 16. The highest BCUT2D eigenvalue weighted by atomic mass is 32.2. The lowest BCUT2D eigenvalue weighted by atomic mass is 9.93. The van der Waals surface area contributed by atoms with E-state index in [0.29, 0.717) is 12.6 Å². The Morgan fingerprint density at radius 3 is 2.39 bits per heavy atom. The van der Waals surface area contributed by atoms with Crippen LogP contribution in [-0.2, 0) is 14.9 Å². The number of hydrogen-bond acceptors (Lipinski definition) is 4. The molecule has 0 spiro atoms. The molecule has 166 valence electrons. The Morgan fingerprint density at radius 2 is 1.75 bits per heavy atom. The van der Waals surface area contributed by atoms with Crippen molar-refractivity contribution in [1.29, 1.82) is 0 Å². The SMILES string of the molecule is C=CCN(C)CCCCCCOC1CCC(N(C)S(=O)(=O)NCCCC)CC1. The van der Waals surface area contributed by atoms with Crippen LogP contribution in [0.1, 0.15) is 71.1 Å². The van der Waals surface area contributed by atoms with Gasteiger partial charge in [0, 0.05) is 32.8 Å². The van der Waals surface area contributed by atoms with E-state index in [9.17, 15) is 8.42 Å². The topological polar surface area (TPSA) is 61.9 Å². The number of hydrogen-bond donors (Lipinski definition) is 1. The molecule has 0 aromatic carbocycles. The smallest absolute Gasteiger partial charge is 0.279 e. The maximum Gasteiger partial charge on any atom is 0.279 e. The number of ether oxygens (including phenoxy) is 1. The molecule has 0 heterocycles. The molecule has 1 aliphatic carbocycles. The van der Waals surface area contributed by atoms with Crippen molar-refractivity contribution in [3.63, 3.8) is 0 Å². The summed E-state index contributed by atoms with van der Waals surface area (Å²) < 4.78 is 34.9. The summed E-state index contributed by atoms with van der Waals surface area (Å²) in [6.07, 6.45) is 12.5. The lowest BCUT2D eigenvalue weighted by Crippen LogP contribution is -2.46. The molecule has 0 atom stereocenters. The van der Waals surface area contributed by atoms with Crippen molar-refractivity contribution >= 4 is 10.2 Å². The van der Waals surface area contributed by atoms with Gasteiger partial charge in [0.2, 0.25) is 0 Å². The minimum atomic E-state index is -3.36. The molecule has 0 aromatic heterocycles. The standard InChI is InChI=1S/C21H43N3O3S/c1-5-7-16-22-28(25,26)24(4)20-12-14-21(15-13-20)27-19-11-9-8-10-18-23(3)17-6-2/h6,20-22H,2,5,7-19H2,1,3-4H3. The predicted molar refractivity (Wildman–Crippen MR) is 118 cm³/mol.